The van der Waals surface area contributed by atoms with Crippen LogP contribution in [0.5, 0.6) is 0 Å². The molecule has 62 valence electrons. The van der Waals surface area contributed by atoms with Gasteiger partial charge in [-0.15, -0.1) is 19.6 Å². The van der Waals surface area contributed by atoms with Crippen molar-refractivity contribution >= 4 is 40.4 Å². The maximum absolute atomic E-state index is 8.70. The Morgan fingerprint density at radius 2 is 0.800 bits per heavy atom. The van der Waals surface area contributed by atoms with E-state index >= 15 is 0 Å². The summed E-state index contributed by atoms with van der Waals surface area (Å²) >= 11 is 0. The molecule has 0 unspecified atom stereocenters. The van der Waals surface area contributed by atoms with Crippen LogP contribution in [0.3, 0.4) is 0 Å². The third kappa shape index (κ3) is 182. The van der Waals surface area contributed by atoms with E-state index in [1.165, 1.54) is 0 Å². The van der Waals surface area contributed by atoms with Crippen LogP contribution in [-0.2, 0) is 9.13 Å². The van der Waals surface area contributed by atoms with Crippen LogP contribution in [0.15, 0.2) is 0 Å². The van der Waals surface area contributed by atoms with Crippen molar-refractivity contribution in [2.24, 2.45) is 0 Å². The van der Waals surface area contributed by atoms with Gasteiger partial charge in [-0.25, -0.2) is 0 Å². The van der Waals surface area contributed by atoms with Crippen molar-refractivity contribution in [1.82, 2.24) is 0 Å². The van der Waals surface area contributed by atoms with Crippen LogP contribution in [0, 0.1) is 39.9 Å². The Bertz CT molecular complexity index is 73.7. The minimum absolute atomic E-state index is 0. The molecule has 10 heteroatoms. The van der Waals surface area contributed by atoms with Crippen molar-refractivity contribution in [1.29, 1.82) is 0 Å². The summed E-state index contributed by atoms with van der Waals surface area (Å²) in [4.78, 5) is 28.5. The molecule has 0 heterocycles. The normalized spacial score (nSPS) is 5.20. The van der Waals surface area contributed by atoms with Crippen LogP contribution in [0.1, 0.15) is 0 Å². The Hall–Kier alpha value is 2.16. The van der Waals surface area contributed by atoms with Crippen molar-refractivity contribution in [2.75, 3.05) is 0 Å². The summed E-state index contributed by atoms with van der Waals surface area (Å²) in [6, 6.07) is 0. The molecule has 0 saturated carbocycles. The maximum atomic E-state index is 8.70. The van der Waals surface area contributed by atoms with Crippen molar-refractivity contribution < 1.29 is 68.6 Å². The van der Waals surface area contributed by atoms with Gasteiger partial charge in [0.2, 0.25) is 0 Å². The van der Waals surface area contributed by atoms with E-state index in [0.29, 0.717) is 0 Å². The van der Waals surface area contributed by atoms with Crippen LogP contribution < -0.4 is 0 Å². The SMILES string of the molecule is O=[P+](O)O.O=[P+](O)O.[Gd].[SnH2]. The van der Waals surface area contributed by atoms with E-state index in [1.54, 1.807) is 0 Å². The van der Waals surface area contributed by atoms with Gasteiger partial charge in [-0.05, 0) is 0 Å². The molecule has 0 atom stereocenters. The Labute approximate surface area is 108 Å². The topological polar surface area (TPSA) is 115 Å². The van der Waals surface area contributed by atoms with Gasteiger partial charge in [-0.2, -0.15) is 0 Å². The first kappa shape index (κ1) is 22.7. The molecule has 0 saturated heterocycles. The van der Waals surface area contributed by atoms with Crippen molar-refractivity contribution in [3.8, 4) is 0 Å². The van der Waals surface area contributed by atoms with E-state index in [2.05, 4.69) is 0 Å². The summed E-state index contributed by atoms with van der Waals surface area (Å²) in [5, 5.41) is 0. The first-order valence-corrected chi connectivity index (χ1v) is 3.50. The summed E-state index contributed by atoms with van der Waals surface area (Å²) in [6.07, 6.45) is 0. The molecule has 6 nitrogen and oxygen atoms in total. The van der Waals surface area contributed by atoms with Gasteiger partial charge < -0.3 is 0 Å². The molecule has 0 rings (SSSR count). The molecule has 0 aromatic carbocycles. The fourth-order valence-corrected chi connectivity index (χ4v) is 0. The van der Waals surface area contributed by atoms with Gasteiger partial charge in [0, 0.05) is 49.1 Å². The molecule has 0 aliphatic heterocycles. The second kappa shape index (κ2) is 17.3. The van der Waals surface area contributed by atoms with E-state index in [0.717, 1.165) is 0 Å². The standard InChI is InChI=1S/Gd.2HO3P.Sn.2H/c;2*1-4(2)3;;;/h;2*(H-,1,2,3);;;/p+2. The average molecular weight is 440 g/mol. The third-order valence-electron chi connectivity index (χ3n) is 0. The molecular weight excluding hydrogens is 434 g/mol. The number of hydrogen-bond donors (Lipinski definition) is 4. The molecule has 0 spiro atoms. The molecule has 2 radical (unpaired) electrons. The fourth-order valence-electron chi connectivity index (χ4n) is 0. The van der Waals surface area contributed by atoms with Gasteiger partial charge in [0.15, 0.2) is 0 Å². The number of hydrogen-bond acceptors (Lipinski definition) is 2. The minimum atomic E-state index is -2.87. The van der Waals surface area contributed by atoms with Crippen LogP contribution >= 0.6 is 16.5 Å². The average Bonchev–Trinajstić information content (AvgIpc) is 1.25. The zero-order chi connectivity index (χ0) is 7.15. The van der Waals surface area contributed by atoms with Crippen LogP contribution in [0.2, 0.25) is 0 Å². The summed E-state index contributed by atoms with van der Waals surface area (Å²) in [7, 11) is -5.74. The molecule has 0 aliphatic rings. The molecule has 10 heavy (non-hydrogen) atoms. The van der Waals surface area contributed by atoms with E-state index in [4.69, 9.17) is 28.7 Å². The van der Waals surface area contributed by atoms with Gasteiger partial charge >= 0.3 is 40.4 Å². The molecule has 0 aromatic rings. The van der Waals surface area contributed by atoms with Crippen LogP contribution in [-0.4, -0.2) is 43.5 Å². The Balaban J connectivity index is -0.0000000300. The zero-order valence-corrected chi connectivity index (χ0v) is 12.7. The van der Waals surface area contributed by atoms with E-state index in [9.17, 15) is 0 Å². The first-order valence-electron chi connectivity index (χ1n) is 1.17. The molecule has 0 bridgehead atoms. The monoisotopic (exact) mass is 442 g/mol. The first-order chi connectivity index (χ1) is 3.46. The second-order valence-electron chi connectivity index (χ2n) is 0.505. The Kier molecular flexibility index (Phi) is 39.4. The van der Waals surface area contributed by atoms with Crippen molar-refractivity contribution in [3.05, 3.63) is 0 Å². The molecule has 0 aromatic heterocycles. The van der Waals surface area contributed by atoms with Gasteiger partial charge in [-0.1, -0.05) is 0 Å². The third-order valence-corrected chi connectivity index (χ3v) is 0. The van der Waals surface area contributed by atoms with Crippen LogP contribution in [0.4, 0.5) is 0 Å². The molecule has 4 N–H and O–H groups in total. The van der Waals surface area contributed by atoms with Crippen molar-refractivity contribution in [3.63, 3.8) is 0 Å². The van der Waals surface area contributed by atoms with E-state index in [1.807, 2.05) is 0 Å². The quantitative estimate of drug-likeness (QED) is 0.265. The summed E-state index contributed by atoms with van der Waals surface area (Å²) in [6.45, 7) is 0. The Morgan fingerprint density at radius 1 is 0.800 bits per heavy atom. The van der Waals surface area contributed by atoms with Gasteiger partial charge in [0.05, 0.1) is 0 Å². The van der Waals surface area contributed by atoms with Gasteiger partial charge in [0.25, 0.3) is 0 Å². The molecular formula is H6GdO6P2Sn+2. The predicted octanol–water partition coefficient (Wildman–Crippen LogP) is -1.66. The van der Waals surface area contributed by atoms with E-state index < -0.39 is 16.5 Å². The van der Waals surface area contributed by atoms with Gasteiger partial charge in [0.1, 0.15) is 0 Å². The molecule has 0 amide bonds. The predicted molar refractivity (Wildman–Crippen MR) is 32.6 cm³/mol. The number of rotatable bonds is 0. The van der Waals surface area contributed by atoms with Crippen LogP contribution in [0.25, 0.3) is 0 Å². The van der Waals surface area contributed by atoms with E-state index in [-0.39, 0.29) is 63.8 Å². The van der Waals surface area contributed by atoms with Crippen molar-refractivity contribution in [2.45, 2.75) is 0 Å². The summed E-state index contributed by atoms with van der Waals surface area (Å²) in [5.74, 6) is 0. The summed E-state index contributed by atoms with van der Waals surface area (Å²) < 4.78 is 17.4. The van der Waals surface area contributed by atoms with Gasteiger partial charge in [-0.3, -0.25) is 0 Å². The second-order valence-corrected chi connectivity index (χ2v) is 1.52. The Morgan fingerprint density at radius 3 is 0.800 bits per heavy atom. The molecule has 0 fully saturated rings. The fraction of sp³-hybridized carbons (Fsp3) is 0. The zero-order valence-electron chi connectivity index (χ0n) is 4.56. The molecule has 0 aliphatic carbocycles. The summed E-state index contributed by atoms with van der Waals surface area (Å²) in [5.41, 5.74) is 0.